The molecular weight excluding hydrogens is 350 g/mol. The molecule has 2 rings (SSSR count). The van der Waals surface area contributed by atoms with E-state index in [-0.39, 0.29) is 0 Å². The van der Waals surface area contributed by atoms with Gasteiger partial charge in [-0.1, -0.05) is 55.4 Å². The molecule has 0 bridgehead atoms. The van der Waals surface area contributed by atoms with Crippen molar-refractivity contribution < 1.29 is 14.3 Å². The predicted octanol–water partition coefficient (Wildman–Crippen LogP) is 5.84. The van der Waals surface area contributed by atoms with Crippen molar-refractivity contribution in [3.8, 4) is 11.5 Å². The van der Waals surface area contributed by atoms with Crippen LogP contribution >= 0.6 is 0 Å². The second kappa shape index (κ2) is 10.5. The lowest BCUT2D eigenvalue weighted by molar-refractivity contribution is 0.212. The smallest absolute Gasteiger partial charge is 0.125 e. The highest BCUT2D eigenvalue weighted by Crippen LogP contribution is 2.29. The minimum atomic E-state index is 0.292. The average Bonchev–Trinajstić information content (AvgIpc) is 2.66. The maximum absolute atomic E-state index is 6.11. The van der Waals surface area contributed by atoms with Gasteiger partial charge in [-0.3, -0.25) is 0 Å². The van der Waals surface area contributed by atoms with Gasteiger partial charge in [0.05, 0.1) is 5.71 Å². The van der Waals surface area contributed by atoms with E-state index in [0.717, 1.165) is 39.5 Å². The molecule has 0 fully saturated rings. The Morgan fingerprint density at radius 3 is 2.21 bits per heavy atom. The van der Waals surface area contributed by atoms with E-state index in [2.05, 4.69) is 43.3 Å². The fraction of sp³-hybridized carbons (Fsp3) is 0.375. The summed E-state index contributed by atoms with van der Waals surface area (Å²) in [5.41, 5.74) is 5.25. The van der Waals surface area contributed by atoms with E-state index in [1.807, 2.05) is 45.1 Å². The van der Waals surface area contributed by atoms with Crippen LogP contribution in [0, 0.1) is 19.8 Å². The number of nitrogens with zero attached hydrogens (tertiary/aromatic N) is 1. The Balaban J connectivity index is 2.06. The fourth-order valence-corrected chi connectivity index (χ4v) is 2.98. The Hall–Kier alpha value is -2.75. The molecule has 0 spiro atoms. The summed E-state index contributed by atoms with van der Waals surface area (Å²) in [5, 5.41) is 4.14. The van der Waals surface area contributed by atoms with Gasteiger partial charge in [0, 0.05) is 0 Å². The Morgan fingerprint density at radius 1 is 1.04 bits per heavy atom. The van der Waals surface area contributed by atoms with Crippen molar-refractivity contribution in [2.24, 2.45) is 11.1 Å². The molecule has 0 aliphatic carbocycles. The van der Waals surface area contributed by atoms with Crippen LogP contribution in [0.4, 0.5) is 0 Å². The third-order valence-electron chi connectivity index (χ3n) is 4.39. The van der Waals surface area contributed by atoms with Crippen LogP contribution < -0.4 is 9.47 Å². The second-order valence-electron chi connectivity index (χ2n) is 7.07. The first kappa shape index (κ1) is 21.5. The van der Waals surface area contributed by atoms with Crippen molar-refractivity contribution in [3.63, 3.8) is 0 Å². The first-order valence-corrected chi connectivity index (χ1v) is 9.64. The largest absolute Gasteiger partial charge is 0.490 e. The lowest BCUT2D eigenvalue weighted by Gasteiger charge is -2.15. The number of hydrogen-bond donors (Lipinski definition) is 0. The van der Waals surface area contributed by atoms with Gasteiger partial charge in [0.1, 0.15) is 31.8 Å². The molecule has 2 aromatic carbocycles. The Kier molecular flexibility index (Phi) is 8.12. The van der Waals surface area contributed by atoms with Crippen LogP contribution in [-0.4, -0.2) is 19.4 Å². The van der Waals surface area contributed by atoms with Crippen molar-refractivity contribution in [1.82, 2.24) is 0 Å². The molecule has 4 heteroatoms. The number of aryl methyl sites for hydroxylation is 2. The highest BCUT2D eigenvalue weighted by Gasteiger charge is 2.11. The van der Waals surface area contributed by atoms with E-state index < -0.39 is 0 Å². The highest BCUT2D eigenvalue weighted by molar-refractivity contribution is 6.01. The summed E-state index contributed by atoms with van der Waals surface area (Å²) in [5.74, 6) is 2.07. The maximum atomic E-state index is 6.11. The average molecular weight is 382 g/mol. The standard InChI is InChI=1S/C24H31NO3/c1-7-8-13-27-22-14-18(4)24(19(5)15-22)28-16-20-9-11-21(12-10-20)23(17(2)3)25-26-6/h7-12,14-15,17H,13,16H2,1-6H3/b8-7+,25-23?. The van der Waals surface area contributed by atoms with Crippen LogP contribution in [0.15, 0.2) is 53.7 Å². The summed E-state index contributed by atoms with van der Waals surface area (Å²) in [6, 6.07) is 12.3. The van der Waals surface area contributed by atoms with Gasteiger partial charge in [-0.2, -0.15) is 0 Å². The topological polar surface area (TPSA) is 40.0 Å². The summed E-state index contributed by atoms with van der Waals surface area (Å²) >= 11 is 0. The number of allylic oxidation sites excluding steroid dienone is 1. The summed E-state index contributed by atoms with van der Waals surface area (Å²) in [6.07, 6.45) is 3.97. The highest BCUT2D eigenvalue weighted by atomic mass is 16.6. The van der Waals surface area contributed by atoms with Crippen LogP contribution in [-0.2, 0) is 11.4 Å². The second-order valence-corrected chi connectivity index (χ2v) is 7.07. The zero-order valence-electron chi connectivity index (χ0n) is 17.8. The fourth-order valence-electron chi connectivity index (χ4n) is 2.98. The lowest BCUT2D eigenvalue weighted by atomic mass is 9.99. The molecule has 0 saturated carbocycles. The Labute approximate surface area is 168 Å². The van der Waals surface area contributed by atoms with Gasteiger partial charge in [-0.25, -0.2) is 0 Å². The zero-order chi connectivity index (χ0) is 20.5. The van der Waals surface area contributed by atoms with E-state index in [4.69, 9.17) is 14.3 Å². The number of ether oxygens (including phenoxy) is 2. The molecule has 0 heterocycles. The van der Waals surface area contributed by atoms with Crippen molar-refractivity contribution in [2.75, 3.05) is 13.7 Å². The van der Waals surface area contributed by atoms with Crippen molar-refractivity contribution >= 4 is 5.71 Å². The van der Waals surface area contributed by atoms with Crippen molar-refractivity contribution in [2.45, 2.75) is 41.2 Å². The van der Waals surface area contributed by atoms with E-state index in [0.29, 0.717) is 19.1 Å². The minimum absolute atomic E-state index is 0.292. The summed E-state index contributed by atoms with van der Waals surface area (Å²) < 4.78 is 11.8. The van der Waals surface area contributed by atoms with Crippen LogP contribution in [0.3, 0.4) is 0 Å². The molecule has 0 radical (unpaired) electrons. The Morgan fingerprint density at radius 2 is 1.68 bits per heavy atom. The third-order valence-corrected chi connectivity index (χ3v) is 4.39. The van der Waals surface area contributed by atoms with Crippen LogP contribution in [0.2, 0.25) is 0 Å². The molecule has 28 heavy (non-hydrogen) atoms. The van der Waals surface area contributed by atoms with Crippen LogP contribution in [0.25, 0.3) is 0 Å². The number of oxime groups is 1. The first-order chi connectivity index (χ1) is 13.5. The first-order valence-electron chi connectivity index (χ1n) is 9.64. The SMILES string of the molecule is C/C=C/COc1cc(C)c(OCc2ccc(C(=NOC)C(C)C)cc2)c(C)c1. The van der Waals surface area contributed by atoms with Gasteiger partial charge in [-0.05, 0) is 61.1 Å². The van der Waals surface area contributed by atoms with Gasteiger partial charge in [0.15, 0.2) is 0 Å². The van der Waals surface area contributed by atoms with E-state index in [1.54, 1.807) is 7.11 Å². The molecule has 0 aromatic heterocycles. The van der Waals surface area contributed by atoms with Crippen LogP contribution in [0.5, 0.6) is 11.5 Å². The van der Waals surface area contributed by atoms with Gasteiger partial charge in [-0.15, -0.1) is 0 Å². The molecule has 2 aromatic rings. The van der Waals surface area contributed by atoms with E-state index >= 15 is 0 Å². The summed E-state index contributed by atoms with van der Waals surface area (Å²) in [7, 11) is 1.58. The molecule has 0 amide bonds. The number of benzene rings is 2. The monoisotopic (exact) mass is 381 g/mol. The minimum Gasteiger partial charge on any atom is -0.490 e. The predicted molar refractivity (Wildman–Crippen MR) is 115 cm³/mol. The van der Waals surface area contributed by atoms with Gasteiger partial charge in [0.2, 0.25) is 0 Å². The normalized spacial score (nSPS) is 11.9. The summed E-state index contributed by atoms with van der Waals surface area (Å²) in [6.45, 7) is 11.4. The molecule has 0 N–H and O–H groups in total. The van der Waals surface area contributed by atoms with E-state index in [9.17, 15) is 0 Å². The zero-order valence-corrected chi connectivity index (χ0v) is 17.8. The van der Waals surface area contributed by atoms with Gasteiger partial charge < -0.3 is 14.3 Å². The Bertz CT molecular complexity index is 797. The molecule has 0 aliphatic rings. The van der Waals surface area contributed by atoms with Gasteiger partial charge >= 0.3 is 0 Å². The quantitative estimate of drug-likeness (QED) is 0.311. The third kappa shape index (κ3) is 5.88. The molecule has 0 atom stereocenters. The molecule has 150 valence electrons. The van der Waals surface area contributed by atoms with Gasteiger partial charge in [0.25, 0.3) is 0 Å². The molecule has 4 nitrogen and oxygen atoms in total. The maximum Gasteiger partial charge on any atom is 0.125 e. The lowest BCUT2D eigenvalue weighted by Crippen LogP contribution is -2.10. The summed E-state index contributed by atoms with van der Waals surface area (Å²) in [4.78, 5) is 4.97. The van der Waals surface area contributed by atoms with Crippen molar-refractivity contribution in [3.05, 3.63) is 70.8 Å². The van der Waals surface area contributed by atoms with Crippen molar-refractivity contribution in [1.29, 1.82) is 0 Å². The molecule has 0 unspecified atom stereocenters. The molecule has 0 aliphatic heterocycles. The molecule has 0 saturated heterocycles. The number of hydrogen-bond acceptors (Lipinski definition) is 4. The van der Waals surface area contributed by atoms with E-state index in [1.165, 1.54) is 0 Å². The number of rotatable bonds is 9. The molecular formula is C24H31NO3. The van der Waals surface area contributed by atoms with Crippen LogP contribution in [0.1, 0.15) is 43.0 Å².